The van der Waals surface area contributed by atoms with Crippen LogP contribution in [0, 0.1) is 0 Å². The zero-order valence-corrected chi connectivity index (χ0v) is 11.0. The van der Waals surface area contributed by atoms with Crippen molar-refractivity contribution in [1.82, 2.24) is 0 Å². The van der Waals surface area contributed by atoms with Crippen molar-refractivity contribution in [3.8, 4) is 0 Å². The van der Waals surface area contributed by atoms with Gasteiger partial charge in [-0.05, 0) is 34.1 Å². The number of hydrogen-bond donors (Lipinski definition) is 0. The van der Waals surface area contributed by atoms with Crippen LogP contribution >= 0.6 is 11.8 Å². The Bertz CT molecular complexity index is 486. The van der Waals surface area contributed by atoms with Gasteiger partial charge in [0.05, 0.1) is 0 Å². The lowest BCUT2D eigenvalue weighted by atomic mass is 9.96. The molecule has 0 amide bonds. The minimum Gasteiger partial charge on any atom is -0.126 e. The van der Waals surface area contributed by atoms with Crippen LogP contribution in [0.3, 0.4) is 0 Å². The Kier molecular flexibility index (Phi) is 3.55. The van der Waals surface area contributed by atoms with Crippen LogP contribution in [0.4, 0.5) is 0 Å². The maximum absolute atomic E-state index is 2.28. The highest BCUT2D eigenvalue weighted by molar-refractivity contribution is 7.99. The summed E-state index contributed by atoms with van der Waals surface area (Å²) in [5, 5.41) is 2.82. The molecule has 0 N–H and O–H groups in total. The second-order valence-electron chi connectivity index (χ2n) is 4.29. The molecule has 0 nitrogen and oxygen atoms in total. The Morgan fingerprint density at radius 1 is 1.00 bits per heavy atom. The molecule has 84 valence electrons. The molecule has 16 heavy (non-hydrogen) atoms. The van der Waals surface area contributed by atoms with Crippen molar-refractivity contribution >= 4 is 22.5 Å². The van der Waals surface area contributed by atoms with E-state index >= 15 is 0 Å². The van der Waals surface area contributed by atoms with E-state index in [1.165, 1.54) is 21.2 Å². The van der Waals surface area contributed by atoms with Gasteiger partial charge in [-0.2, -0.15) is 0 Å². The van der Waals surface area contributed by atoms with E-state index < -0.39 is 0 Å². The summed E-state index contributed by atoms with van der Waals surface area (Å²) in [6, 6.07) is 13.3. The molecule has 0 bridgehead atoms. The Labute approximate surface area is 102 Å². The zero-order chi connectivity index (χ0) is 11.5. The first-order chi connectivity index (χ1) is 7.74. The number of rotatable bonds is 3. The first-order valence-electron chi connectivity index (χ1n) is 5.88. The summed E-state index contributed by atoms with van der Waals surface area (Å²) < 4.78 is 0. The molecule has 0 aliphatic heterocycles. The van der Waals surface area contributed by atoms with Gasteiger partial charge in [0.1, 0.15) is 0 Å². The minimum atomic E-state index is 0.588. The number of fused-ring (bicyclic) bond motifs is 1. The summed E-state index contributed by atoms with van der Waals surface area (Å²) in [7, 11) is 0. The quantitative estimate of drug-likeness (QED) is 0.663. The van der Waals surface area contributed by atoms with Crippen molar-refractivity contribution in [2.75, 3.05) is 5.75 Å². The summed E-state index contributed by atoms with van der Waals surface area (Å²) in [6.07, 6.45) is 0. The van der Waals surface area contributed by atoms with Crippen LogP contribution < -0.4 is 0 Å². The fraction of sp³-hybridized carbons (Fsp3) is 0.333. The summed E-state index contributed by atoms with van der Waals surface area (Å²) >= 11 is 1.93. The molecule has 0 atom stereocenters. The molecule has 1 heteroatoms. The minimum absolute atomic E-state index is 0.588. The molecule has 0 fully saturated rings. The van der Waals surface area contributed by atoms with Crippen LogP contribution in [0.25, 0.3) is 10.8 Å². The van der Waals surface area contributed by atoms with Gasteiger partial charge in [-0.15, -0.1) is 11.8 Å². The van der Waals surface area contributed by atoms with E-state index in [4.69, 9.17) is 0 Å². The Balaban J connectivity index is 2.67. The second kappa shape index (κ2) is 4.92. The predicted octanol–water partition coefficient (Wildman–Crippen LogP) is 5.08. The molecule has 2 aromatic rings. The van der Waals surface area contributed by atoms with E-state index in [9.17, 15) is 0 Å². The molecule has 0 heterocycles. The first kappa shape index (κ1) is 11.5. The van der Waals surface area contributed by atoms with Crippen molar-refractivity contribution in [3.05, 3.63) is 42.0 Å². The van der Waals surface area contributed by atoms with Crippen molar-refractivity contribution in [1.29, 1.82) is 0 Å². The van der Waals surface area contributed by atoms with Crippen molar-refractivity contribution in [3.63, 3.8) is 0 Å². The fourth-order valence-electron chi connectivity index (χ4n) is 2.08. The van der Waals surface area contributed by atoms with Crippen LogP contribution in [-0.2, 0) is 0 Å². The Hall–Kier alpha value is -0.950. The van der Waals surface area contributed by atoms with Gasteiger partial charge >= 0.3 is 0 Å². The lowest BCUT2D eigenvalue weighted by Crippen LogP contribution is -1.90. The molecule has 0 spiro atoms. The van der Waals surface area contributed by atoms with E-state index in [1.54, 1.807) is 0 Å². The third kappa shape index (κ3) is 2.10. The molecule has 0 saturated heterocycles. The van der Waals surface area contributed by atoms with Gasteiger partial charge in [-0.3, -0.25) is 0 Å². The number of thioether (sulfide) groups is 1. The van der Waals surface area contributed by atoms with Crippen LogP contribution in [-0.4, -0.2) is 5.75 Å². The SMILES string of the molecule is CCSc1ccc(C(C)C)c2ccccc12. The topological polar surface area (TPSA) is 0 Å². The molecule has 0 unspecified atom stereocenters. The maximum atomic E-state index is 2.28. The van der Waals surface area contributed by atoms with Gasteiger partial charge in [0, 0.05) is 4.90 Å². The van der Waals surface area contributed by atoms with Crippen LogP contribution in [0.5, 0.6) is 0 Å². The maximum Gasteiger partial charge on any atom is 0.0151 e. The highest BCUT2D eigenvalue weighted by Gasteiger charge is 2.07. The van der Waals surface area contributed by atoms with Gasteiger partial charge in [0.15, 0.2) is 0 Å². The van der Waals surface area contributed by atoms with Crippen LogP contribution in [0.15, 0.2) is 41.3 Å². The van der Waals surface area contributed by atoms with Crippen molar-refractivity contribution < 1.29 is 0 Å². The smallest absolute Gasteiger partial charge is 0.0151 e. The van der Waals surface area contributed by atoms with Crippen LogP contribution in [0.1, 0.15) is 32.3 Å². The largest absolute Gasteiger partial charge is 0.126 e. The molecule has 0 aliphatic rings. The van der Waals surface area contributed by atoms with Crippen molar-refractivity contribution in [2.24, 2.45) is 0 Å². The molecule has 0 aromatic heterocycles. The second-order valence-corrected chi connectivity index (χ2v) is 5.59. The van der Waals surface area contributed by atoms with E-state index in [-0.39, 0.29) is 0 Å². The molecular weight excluding hydrogens is 212 g/mol. The van der Waals surface area contributed by atoms with E-state index in [0.29, 0.717) is 5.92 Å². The highest BCUT2D eigenvalue weighted by Crippen LogP contribution is 2.32. The van der Waals surface area contributed by atoms with Gasteiger partial charge in [0.2, 0.25) is 0 Å². The van der Waals surface area contributed by atoms with E-state index in [1.807, 2.05) is 11.8 Å². The molecule has 0 aliphatic carbocycles. The highest BCUT2D eigenvalue weighted by atomic mass is 32.2. The molecule has 2 rings (SSSR count). The lowest BCUT2D eigenvalue weighted by molar-refractivity contribution is 0.875. The zero-order valence-electron chi connectivity index (χ0n) is 10.2. The van der Waals surface area contributed by atoms with Gasteiger partial charge in [-0.1, -0.05) is 51.1 Å². The molecule has 0 saturated carbocycles. The summed E-state index contributed by atoms with van der Waals surface area (Å²) in [4.78, 5) is 1.41. The summed E-state index contributed by atoms with van der Waals surface area (Å²) in [5.41, 5.74) is 1.45. The van der Waals surface area contributed by atoms with E-state index in [0.717, 1.165) is 5.75 Å². The Morgan fingerprint density at radius 2 is 1.69 bits per heavy atom. The van der Waals surface area contributed by atoms with Gasteiger partial charge < -0.3 is 0 Å². The average molecular weight is 230 g/mol. The van der Waals surface area contributed by atoms with Gasteiger partial charge in [0.25, 0.3) is 0 Å². The lowest BCUT2D eigenvalue weighted by Gasteiger charge is -2.12. The molecule has 0 radical (unpaired) electrons. The van der Waals surface area contributed by atoms with Crippen LogP contribution in [0.2, 0.25) is 0 Å². The molecular formula is C15H18S. The Morgan fingerprint density at radius 3 is 2.31 bits per heavy atom. The third-order valence-electron chi connectivity index (χ3n) is 2.84. The predicted molar refractivity (Wildman–Crippen MR) is 74.4 cm³/mol. The standard InChI is InChI=1S/C15H18S/c1-4-16-15-10-9-12(11(2)3)13-7-5-6-8-14(13)15/h5-11H,4H2,1-3H3. The average Bonchev–Trinajstić information content (AvgIpc) is 2.29. The monoisotopic (exact) mass is 230 g/mol. The first-order valence-corrected chi connectivity index (χ1v) is 6.87. The number of benzene rings is 2. The van der Waals surface area contributed by atoms with Gasteiger partial charge in [-0.25, -0.2) is 0 Å². The third-order valence-corrected chi connectivity index (χ3v) is 3.80. The summed E-state index contributed by atoms with van der Waals surface area (Å²) in [6.45, 7) is 6.72. The number of hydrogen-bond acceptors (Lipinski definition) is 1. The normalized spacial score (nSPS) is 11.2. The van der Waals surface area contributed by atoms with E-state index in [2.05, 4.69) is 57.2 Å². The fourth-order valence-corrected chi connectivity index (χ4v) is 2.89. The van der Waals surface area contributed by atoms with Crippen molar-refractivity contribution in [2.45, 2.75) is 31.6 Å². The summed E-state index contributed by atoms with van der Waals surface area (Å²) in [5.74, 6) is 1.72. The molecule has 2 aromatic carbocycles.